The number of aryl methyl sites for hydroxylation is 1. The fraction of sp³-hybridized carbons (Fsp3) is 0.556. The van der Waals surface area contributed by atoms with Gasteiger partial charge in [-0.05, 0) is 43.7 Å². The molecule has 0 aromatic heterocycles. The van der Waals surface area contributed by atoms with Crippen LogP contribution < -0.4 is 0 Å². The average Bonchev–Trinajstić information content (AvgIpc) is 3.07. The molecular weight excluding hydrogens is 330 g/mol. The van der Waals surface area contributed by atoms with E-state index >= 15 is 0 Å². The number of carbonyl (C=O) groups is 2. The lowest BCUT2D eigenvalue weighted by molar-refractivity contribution is -0.145. The molecule has 2 saturated heterocycles. The van der Waals surface area contributed by atoms with Crippen LogP contribution in [-0.2, 0) is 9.53 Å². The highest BCUT2D eigenvalue weighted by atomic mass is 35.5. The van der Waals surface area contributed by atoms with Crippen molar-refractivity contribution >= 4 is 23.5 Å². The van der Waals surface area contributed by atoms with E-state index in [1.165, 1.54) is 0 Å². The summed E-state index contributed by atoms with van der Waals surface area (Å²) in [4.78, 5) is 25.8. The zero-order chi connectivity index (χ0) is 17.3. The van der Waals surface area contributed by atoms with Crippen LogP contribution in [0.15, 0.2) is 18.2 Å². The van der Waals surface area contributed by atoms with Gasteiger partial charge in [-0.3, -0.25) is 9.59 Å². The van der Waals surface area contributed by atoms with E-state index in [0.717, 1.165) is 18.4 Å². The number of benzene rings is 1. The van der Waals surface area contributed by atoms with Gasteiger partial charge in [-0.25, -0.2) is 0 Å². The molecule has 0 bridgehead atoms. The summed E-state index contributed by atoms with van der Waals surface area (Å²) in [7, 11) is 0. The van der Waals surface area contributed by atoms with Gasteiger partial charge in [-0.2, -0.15) is 0 Å². The van der Waals surface area contributed by atoms with Crippen molar-refractivity contribution in [2.24, 2.45) is 11.8 Å². The van der Waals surface area contributed by atoms with Crippen molar-refractivity contribution in [3.8, 4) is 0 Å². The molecule has 1 N–H and O–H groups in total. The fourth-order valence-corrected chi connectivity index (χ4v) is 3.96. The number of carbonyl (C=O) groups excluding carboxylic acids is 1. The number of aliphatic carboxylic acids is 1. The summed E-state index contributed by atoms with van der Waals surface area (Å²) in [5, 5.41) is 9.81. The number of hydrogen-bond acceptors (Lipinski definition) is 3. The lowest BCUT2D eigenvalue weighted by Crippen LogP contribution is -2.43. The first kappa shape index (κ1) is 17.2. The number of nitrogens with zero attached hydrogens (tertiary/aromatic N) is 1. The Hall–Kier alpha value is -1.59. The molecule has 0 radical (unpaired) electrons. The largest absolute Gasteiger partial charge is 0.481 e. The maximum atomic E-state index is 12.7. The molecule has 2 aliphatic heterocycles. The second-order valence-corrected chi connectivity index (χ2v) is 7.01. The van der Waals surface area contributed by atoms with E-state index in [2.05, 4.69) is 0 Å². The van der Waals surface area contributed by atoms with Gasteiger partial charge in [0.15, 0.2) is 0 Å². The van der Waals surface area contributed by atoms with E-state index in [1.807, 2.05) is 24.0 Å². The van der Waals surface area contributed by atoms with Gasteiger partial charge in [0.05, 0.1) is 22.6 Å². The van der Waals surface area contributed by atoms with Crippen molar-refractivity contribution in [3.63, 3.8) is 0 Å². The monoisotopic (exact) mass is 351 g/mol. The molecule has 2 aliphatic rings. The Morgan fingerprint density at radius 3 is 2.62 bits per heavy atom. The molecule has 1 amide bonds. The fourth-order valence-electron chi connectivity index (χ4n) is 3.75. The molecule has 3 rings (SSSR count). The van der Waals surface area contributed by atoms with Gasteiger partial charge in [-0.15, -0.1) is 0 Å². The number of carboxylic acids is 1. The van der Waals surface area contributed by atoms with Crippen LogP contribution in [-0.4, -0.2) is 47.7 Å². The van der Waals surface area contributed by atoms with Gasteiger partial charge in [0.1, 0.15) is 0 Å². The predicted octanol–water partition coefficient (Wildman–Crippen LogP) is 2.99. The van der Waals surface area contributed by atoms with Crippen LogP contribution >= 0.6 is 11.6 Å². The van der Waals surface area contributed by atoms with Gasteiger partial charge in [-0.1, -0.05) is 23.7 Å². The van der Waals surface area contributed by atoms with Crippen molar-refractivity contribution in [1.29, 1.82) is 0 Å². The van der Waals surface area contributed by atoms with Crippen molar-refractivity contribution in [3.05, 3.63) is 34.3 Å². The molecule has 2 fully saturated rings. The van der Waals surface area contributed by atoms with Crippen molar-refractivity contribution in [2.75, 3.05) is 19.7 Å². The van der Waals surface area contributed by atoms with E-state index in [9.17, 15) is 14.7 Å². The first-order valence-corrected chi connectivity index (χ1v) is 8.75. The Morgan fingerprint density at radius 2 is 1.96 bits per heavy atom. The first-order chi connectivity index (χ1) is 11.5. The predicted molar refractivity (Wildman–Crippen MR) is 90.3 cm³/mol. The number of piperidine rings is 1. The Bertz CT molecular complexity index is 640. The van der Waals surface area contributed by atoms with E-state index < -0.39 is 11.9 Å². The third-order valence-corrected chi connectivity index (χ3v) is 5.67. The van der Waals surface area contributed by atoms with E-state index in [4.69, 9.17) is 16.3 Å². The van der Waals surface area contributed by atoms with Crippen LogP contribution in [0.25, 0.3) is 0 Å². The van der Waals surface area contributed by atoms with Crippen LogP contribution in [0, 0.1) is 18.8 Å². The van der Waals surface area contributed by atoms with Crippen molar-refractivity contribution < 1.29 is 19.4 Å². The van der Waals surface area contributed by atoms with Crippen LogP contribution in [0.2, 0.25) is 5.02 Å². The van der Waals surface area contributed by atoms with Gasteiger partial charge in [0.2, 0.25) is 0 Å². The SMILES string of the molecule is Cc1cccc(C(=O)N2CCC([C@@H]3OCCC3C(=O)O)CC2)c1Cl. The van der Waals surface area contributed by atoms with Crippen LogP contribution in [0.1, 0.15) is 35.2 Å². The molecule has 0 aliphatic carbocycles. The van der Waals surface area contributed by atoms with Gasteiger partial charge < -0.3 is 14.7 Å². The molecule has 130 valence electrons. The highest BCUT2D eigenvalue weighted by Crippen LogP contribution is 2.34. The molecule has 1 unspecified atom stereocenters. The third kappa shape index (κ3) is 3.28. The summed E-state index contributed by atoms with van der Waals surface area (Å²) < 4.78 is 5.68. The minimum absolute atomic E-state index is 0.0516. The third-order valence-electron chi connectivity index (χ3n) is 5.17. The summed E-state index contributed by atoms with van der Waals surface area (Å²) in [6.45, 7) is 3.62. The Balaban J connectivity index is 1.64. The van der Waals surface area contributed by atoms with E-state index in [1.54, 1.807) is 6.07 Å². The Kier molecular flexibility index (Phi) is 5.11. The minimum Gasteiger partial charge on any atom is -0.481 e. The highest BCUT2D eigenvalue weighted by molar-refractivity contribution is 6.34. The minimum atomic E-state index is -0.775. The number of carboxylic acid groups (broad SMARTS) is 1. The van der Waals surface area contributed by atoms with Gasteiger partial charge >= 0.3 is 5.97 Å². The zero-order valence-electron chi connectivity index (χ0n) is 13.7. The lowest BCUT2D eigenvalue weighted by Gasteiger charge is -2.35. The number of rotatable bonds is 3. The van der Waals surface area contributed by atoms with Crippen LogP contribution in [0.5, 0.6) is 0 Å². The first-order valence-electron chi connectivity index (χ1n) is 8.38. The van der Waals surface area contributed by atoms with Crippen molar-refractivity contribution in [1.82, 2.24) is 4.90 Å². The maximum Gasteiger partial charge on any atom is 0.309 e. The van der Waals surface area contributed by atoms with Gasteiger partial charge in [0, 0.05) is 19.7 Å². The number of halogens is 1. The number of likely N-dealkylation sites (tertiary alicyclic amines) is 1. The van der Waals surface area contributed by atoms with E-state index in [-0.39, 0.29) is 17.9 Å². The zero-order valence-corrected chi connectivity index (χ0v) is 14.5. The standard InChI is InChI=1S/C18H22ClNO4/c1-11-3-2-4-13(15(11)19)17(21)20-8-5-12(6-9-20)16-14(18(22)23)7-10-24-16/h2-4,12,14,16H,5-10H2,1H3,(H,22,23)/t14?,16-/m0/s1. The quantitative estimate of drug-likeness (QED) is 0.909. The average molecular weight is 352 g/mol. The molecule has 5 nitrogen and oxygen atoms in total. The Labute approximate surface area is 146 Å². The second kappa shape index (κ2) is 7.11. The van der Waals surface area contributed by atoms with Crippen LogP contribution in [0.4, 0.5) is 0 Å². The lowest BCUT2D eigenvalue weighted by atomic mass is 9.84. The molecule has 2 heterocycles. The summed E-state index contributed by atoms with van der Waals surface area (Å²) in [5.41, 5.74) is 1.43. The van der Waals surface area contributed by atoms with Crippen LogP contribution in [0.3, 0.4) is 0 Å². The molecule has 24 heavy (non-hydrogen) atoms. The molecule has 0 saturated carbocycles. The van der Waals surface area contributed by atoms with Crippen molar-refractivity contribution in [2.45, 2.75) is 32.3 Å². The molecule has 1 aromatic carbocycles. The Morgan fingerprint density at radius 1 is 1.25 bits per heavy atom. The smallest absolute Gasteiger partial charge is 0.309 e. The second-order valence-electron chi connectivity index (χ2n) is 6.63. The summed E-state index contributed by atoms with van der Waals surface area (Å²) in [6, 6.07) is 5.48. The van der Waals surface area contributed by atoms with E-state index in [0.29, 0.717) is 36.7 Å². The number of ether oxygens (including phenoxy) is 1. The number of amides is 1. The molecule has 6 heteroatoms. The maximum absolute atomic E-state index is 12.7. The normalized spacial score (nSPS) is 25.0. The topological polar surface area (TPSA) is 66.8 Å². The summed E-state index contributed by atoms with van der Waals surface area (Å²) in [6.07, 6.45) is 1.90. The molecule has 2 atom stereocenters. The molecule has 0 spiro atoms. The molecule has 1 aromatic rings. The number of hydrogen-bond donors (Lipinski definition) is 1. The highest BCUT2D eigenvalue weighted by Gasteiger charge is 2.40. The molecular formula is C18H22ClNO4. The van der Waals surface area contributed by atoms with Gasteiger partial charge in [0.25, 0.3) is 5.91 Å². The summed E-state index contributed by atoms with van der Waals surface area (Å²) in [5.74, 6) is -1.04. The summed E-state index contributed by atoms with van der Waals surface area (Å²) >= 11 is 6.26.